The van der Waals surface area contributed by atoms with Gasteiger partial charge in [-0.25, -0.2) is 0 Å². The molecular formula is C17H27NO3. The van der Waals surface area contributed by atoms with E-state index in [9.17, 15) is 4.79 Å². The van der Waals surface area contributed by atoms with E-state index < -0.39 is 6.04 Å². The van der Waals surface area contributed by atoms with Gasteiger partial charge < -0.3 is 14.8 Å². The van der Waals surface area contributed by atoms with Crippen LogP contribution in [0.4, 0.5) is 0 Å². The molecule has 0 aliphatic carbocycles. The lowest BCUT2D eigenvalue weighted by molar-refractivity contribution is -0.143. The molecule has 4 heteroatoms. The highest BCUT2D eigenvalue weighted by Gasteiger charge is 2.22. The topological polar surface area (TPSA) is 47.6 Å². The maximum Gasteiger partial charge on any atom is 0.326 e. The van der Waals surface area contributed by atoms with Crippen molar-refractivity contribution in [2.75, 3.05) is 20.3 Å². The van der Waals surface area contributed by atoms with Crippen LogP contribution in [0.5, 0.6) is 5.75 Å². The zero-order valence-corrected chi connectivity index (χ0v) is 13.9. The van der Waals surface area contributed by atoms with E-state index in [1.54, 1.807) is 0 Å². The quantitative estimate of drug-likeness (QED) is 0.819. The molecule has 0 fully saturated rings. The Hall–Kier alpha value is -1.55. The van der Waals surface area contributed by atoms with Crippen LogP contribution in [0, 0.1) is 6.92 Å². The van der Waals surface area contributed by atoms with Gasteiger partial charge in [0.2, 0.25) is 0 Å². The van der Waals surface area contributed by atoms with Crippen molar-refractivity contribution in [1.82, 2.24) is 5.32 Å². The number of hydrogen-bond donors (Lipinski definition) is 1. The third-order valence-corrected chi connectivity index (χ3v) is 3.29. The molecule has 1 rings (SSSR count). The molecule has 21 heavy (non-hydrogen) atoms. The van der Waals surface area contributed by atoms with E-state index in [-0.39, 0.29) is 18.0 Å². The van der Waals surface area contributed by atoms with E-state index >= 15 is 0 Å². The van der Waals surface area contributed by atoms with Gasteiger partial charge in [-0.1, -0.05) is 39.8 Å². The summed E-state index contributed by atoms with van der Waals surface area (Å²) in [5, 5.41) is 3.08. The van der Waals surface area contributed by atoms with Crippen LogP contribution in [-0.2, 0) is 14.9 Å². The fourth-order valence-electron chi connectivity index (χ4n) is 2.14. The number of esters is 1. The summed E-state index contributed by atoms with van der Waals surface area (Å²) < 4.78 is 10.7. The van der Waals surface area contributed by atoms with Gasteiger partial charge in [0.25, 0.3) is 0 Å². The molecule has 0 saturated heterocycles. The first-order valence-electron chi connectivity index (χ1n) is 7.34. The molecule has 0 heterocycles. The van der Waals surface area contributed by atoms with E-state index in [2.05, 4.69) is 38.2 Å². The second kappa shape index (κ2) is 7.46. The third-order valence-electron chi connectivity index (χ3n) is 3.29. The molecule has 118 valence electrons. The summed E-state index contributed by atoms with van der Waals surface area (Å²) in [6.45, 7) is 11.4. The third kappa shape index (κ3) is 5.05. The Morgan fingerprint density at radius 1 is 1.33 bits per heavy atom. The molecule has 0 aromatic heterocycles. The number of likely N-dealkylation sites (N-methyl/N-ethyl adjacent to an activating group) is 1. The minimum Gasteiger partial charge on any atom is -0.491 e. The number of hydrogen-bond acceptors (Lipinski definition) is 4. The first-order valence-corrected chi connectivity index (χ1v) is 7.34. The first kappa shape index (κ1) is 17.5. The molecule has 1 aromatic rings. The van der Waals surface area contributed by atoms with Gasteiger partial charge in [-0.15, -0.1) is 0 Å². The van der Waals surface area contributed by atoms with Crippen LogP contribution in [0.1, 0.15) is 38.8 Å². The predicted octanol–water partition coefficient (Wildman–Crippen LogP) is 2.82. The monoisotopic (exact) mass is 293 g/mol. The summed E-state index contributed by atoms with van der Waals surface area (Å²) in [6.07, 6.45) is 0. The number of benzene rings is 1. The van der Waals surface area contributed by atoms with Gasteiger partial charge in [0.1, 0.15) is 18.4 Å². The van der Waals surface area contributed by atoms with Crippen LogP contribution in [0.2, 0.25) is 0 Å². The summed E-state index contributed by atoms with van der Waals surface area (Å²) >= 11 is 0. The van der Waals surface area contributed by atoms with Gasteiger partial charge in [0, 0.05) is 0 Å². The molecule has 0 bridgehead atoms. The highest BCUT2D eigenvalue weighted by molar-refractivity contribution is 5.75. The van der Waals surface area contributed by atoms with E-state index in [0.29, 0.717) is 6.54 Å². The Labute approximate surface area is 127 Å². The smallest absolute Gasteiger partial charge is 0.326 e. The van der Waals surface area contributed by atoms with Gasteiger partial charge in [0.05, 0.1) is 7.11 Å². The molecule has 0 spiro atoms. The van der Waals surface area contributed by atoms with Crippen LogP contribution in [0.25, 0.3) is 0 Å². The lowest BCUT2D eigenvalue weighted by Gasteiger charge is -2.24. The van der Waals surface area contributed by atoms with Crippen LogP contribution in [0.15, 0.2) is 18.2 Å². The fourth-order valence-corrected chi connectivity index (χ4v) is 2.14. The van der Waals surface area contributed by atoms with E-state index in [0.717, 1.165) is 16.9 Å². The van der Waals surface area contributed by atoms with Crippen molar-refractivity contribution in [3.05, 3.63) is 29.3 Å². The lowest BCUT2D eigenvalue weighted by atomic mass is 9.86. The van der Waals surface area contributed by atoms with Crippen LogP contribution in [-0.4, -0.2) is 32.3 Å². The molecule has 1 atom stereocenters. The summed E-state index contributed by atoms with van der Waals surface area (Å²) in [6, 6.07) is 5.73. The summed E-state index contributed by atoms with van der Waals surface area (Å²) in [5.41, 5.74) is 2.26. The van der Waals surface area contributed by atoms with Gasteiger partial charge in [0.15, 0.2) is 0 Å². The number of aryl methyl sites for hydroxylation is 1. The maximum atomic E-state index is 11.7. The highest BCUT2D eigenvalue weighted by atomic mass is 16.5. The van der Waals surface area contributed by atoms with Crippen molar-refractivity contribution in [2.45, 2.75) is 46.1 Å². The predicted molar refractivity (Wildman–Crippen MR) is 84.9 cm³/mol. The van der Waals surface area contributed by atoms with Crippen molar-refractivity contribution in [3.8, 4) is 5.75 Å². The standard InChI is InChI=1S/C17H27NO3/c1-7-18-14(16(19)20-6)11-21-15-10-12(2)8-9-13(15)17(3,4)5/h8-10,14,18H,7,11H2,1-6H3. The molecule has 0 radical (unpaired) electrons. The molecule has 0 amide bonds. The van der Waals surface area contributed by atoms with E-state index in [4.69, 9.17) is 9.47 Å². The molecular weight excluding hydrogens is 266 g/mol. The minimum absolute atomic E-state index is 0.0119. The average molecular weight is 293 g/mol. The normalized spacial score (nSPS) is 12.9. The number of nitrogens with one attached hydrogen (secondary N) is 1. The zero-order valence-electron chi connectivity index (χ0n) is 13.9. The Balaban J connectivity index is 2.91. The Kier molecular flexibility index (Phi) is 6.21. The number of rotatable bonds is 6. The average Bonchev–Trinajstić information content (AvgIpc) is 2.41. The SMILES string of the molecule is CCNC(COc1cc(C)ccc1C(C)(C)C)C(=O)OC. The molecule has 0 saturated carbocycles. The van der Waals surface area contributed by atoms with Crippen molar-refractivity contribution >= 4 is 5.97 Å². The van der Waals surface area contributed by atoms with Crippen LogP contribution >= 0.6 is 0 Å². The summed E-state index contributed by atoms with van der Waals surface area (Å²) in [4.78, 5) is 11.7. The van der Waals surface area contributed by atoms with E-state index in [1.165, 1.54) is 7.11 Å². The van der Waals surface area contributed by atoms with Crippen molar-refractivity contribution in [3.63, 3.8) is 0 Å². The van der Waals surface area contributed by atoms with Crippen molar-refractivity contribution < 1.29 is 14.3 Å². The number of carbonyl (C=O) groups excluding carboxylic acids is 1. The van der Waals surface area contributed by atoms with Gasteiger partial charge in [-0.2, -0.15) is 0 Å². The molecule has 0 aliphatic rings. The van der Waals surface area contributed by atoms with Crippen LogP contribution < -0.4 is 10.1 Å². The zero-order chi connectivity index (χ0) is 16.0. The van der Waals surface area contributed by atoms with E-state index in [1.807, 2.05) is 19.9 Å². The first-order chi connectivity index (χ1) is 9.79. The lowest BCUT2D eigenvalue weighted by Crippen LogP contribution is -2.42. The van der Waals surface area contributed by atoms with Gasteiger partial charge in [-0.3, -0.25) is 4.79 Å². The molecule has 1 aromatic carbocycles. The Morgan fingerprint density at radius 3 is 2.52 bits per heavy atom. The van der Waals surface area contributed by atoms with Crippen LogP contribution in [0.3, 0.4) is 0 Å². The Bertz CT molecular complexity index is 477. The number of ether oxygens (including phenoxy) is 2. The van der Waals surface area contributed by atoms with Gasteiger partial charge >= 0.3 is 5.97 Å². The second-order valence-corrected chi connectivity index (χ2v) is 6.19. The molecule has 1 unspecified atom stereocenters. The Morgan fingerprint density at radius 2 is 2.00 bits per heavy atom. The summed E-state index contributed by atoms with van der Waals surface area (Å²) in [7, 11) is 1.39. The maximum absolute atomic E-state index is 11.7. The molecule has 0 aliphatic heterocycles. The molecule has 1 N–H and O–H groups in total. The number of methoxy groups -OCH3 is 1. The molecule has 4 nitrogen and oxygen atoms in total. The largest absolute Gasteiger partial charge is 0.491 e. The van der Waals surface area contributed by atoms with Gasteiger partial charge in [-0.05, 0) is 36.1 Å². The van der Waals surface area contributed by atoms with Crippen molar-refractivity contribution in [2.24, 2.45) is 0 Å². The number of carbonyl (C=O) groups is 1. The second-order valence-electron chi connectivity index (χ2n) is 6.19. The highest BCUT2D eigenvalue weighted by Crippen LogP contribution is 2.32. The minimum atomic E-state index is -0.451. The fraction of sp³-hybridized carbons (Fsp3) is 0.588. The summed E-state index contributed by atoms with van der Waals surface area (Å²) in [5.74, 6) is 0.524. The van der Waals surface area contributed by atoms with Crippen molar-refractivity contribution in [1.29, 1.82) is 0 Å².